The average Bonchev–Trinajstić information content (AvgIpc) is 2.48. The van der Waals surface area contributed by atoms with Gasteiger partial charge in [0.25, 0.3) is 0 Å². The van der Waals surface area contributed by atoms with Crippen molar-refractivity contribution in [2.45, 2.75) is 6.61 Å². The Balaban J connectivity index is 1.97. The summed E-state index contributed by atoms with van der Waals surface area (Å²) in [5.74, 6) is -0.469. The molecule has 7 heteroatoms. The van der Waals surface area contributed by atoms with Crippen molar-refractivity contribution in [1.29, 1.82) is 0 Å². The first kappa shape index (κ1) is 14.3. The summed E-state index contributed by atoms with van der Waals surface area (Å²) < 4.78 is 4.98. The molecular weight excluding hydrogens is 276 g/mol. The molecule has 0 atom stereocenters. The van der Waals surface area contributed by atoms with Crippen molar-refractivity contribution >= 4 is 17.5 Å². The number of carbonyl (C=O) groups excluding carboxylic acids is 1. The first-order valence-electron chi connectivity index (χ1n) is 6.01. The van der Waals surface area contributed by atoms with Crippen LogP contribution in [0.4, 0.5) is 16.2 Å². The van der Waals surface area contributed by atoms with Gasteiger partial charge in [0, 0.05) is 6.07 Å². The number of benzene rings is 2. The zero-order valence-electron chi connectivity index (χ0n) is 10.9. The van der Waals surface area contributed by atoms with Crippen LogP contribution in [-0.4, -0.2) is 16.1 Å². The minimum absolute atomic E-state index is 0.0901. The lowest BCUT2D eigenvalue weighted by Gasteiger charge is -2.07. The number of nitrogens with zero attached hydrogens (tertiary/aromatic N) is 1. The second kappa shape index (κ2) is 6.38. The summed E-state index contributed by atoms with van der Waals surface area (Å²) in [6.07, 6.45) is -0.737. The minimum atomic E-state index is -0.740. The van der Waals surface area contributed by atoms with Crippen molar-refractivity contribution in [3.8, 4) is 5.75 Å². The lowest BCUT2D eigenvalue weighted by molar-refractivity contribution is -0.385. The predicted molar refractivity (Wildman–Crippen MR) is 75.0 cm³/mol. The summed E-state index contributed by atoms with van der Waals surface area (Å²) in [5, 5.41) is 22.3. The number of nitrogens with one attached hydrogen (secondary N) is 1. The number of hydrogen-bond acceptors (Lipinski definition) is 5. The van der Waals surface area contributed by atoms with Gasteiger partial charge >= 0.3 is 11.8 Å². The molecule has 0 saturated heterocycles. The molecule has 21 heavy (non-hydrogen) atoms. The second-order valence-electron chi connectivity index (χ2n) is 4.15. The Morgan fingerprint density at radius 2 is 1.95 bits per heavy atom. The highest BCUT2D eigenvalue weighted by molar-refractivity contribution is 5.85. The predicted octanol–water partition coefficient (Wildman–Crippen LogP) is 3.05. The highest BCUT2D eigenvalue weighted by Gasteiger charge is 2.14. The number of hydrogen-bond donors (Lipinski definition) is 2. The van der Waals surface area contributed by atoms with Crippen molar-refractivity contribution in [3.63, 3.8) is 0 Å². The van der Waals surface area contributed by atoms with Gasteiger partial charge in [-0.05, 0) is 17.7 Å². The summed E-state index contributed by atoms with van der Waals surface area (Å²) in [6, 6.07) is 12.6. The third-order valence-corrected chi connectivity index (χ3v) is 2.63. The minimum Gasteiger partial charge on any atom is -0.502 e. The lowest BCUT2D eigenvalue weighted by Crippen LogP contribution is -2.13. The Labute approximate surface area is 119 Å². The Kier molecular flexibility index (Phi) is 4.35. The largest absolute Gasteiger partial charge is 0.502 e. The van der Waals surface area contributed by atoms with E-state index in [1.54, 1.807) is 12.1 Å². The fourth-order valence-electron chi connectivity index (χ4n) is 1.62. The lowest BCUT2D eigenvalue weighted by atomic mass is 10.2. The van der Waals surface area contributed by atoms with Gasteiger partial charge in [0.05, 0.1) is 10.6 Å². The summed E-state index contributed by atoms with van der Waals surface area (Å²) in [5.41, 5.74) is 0.498. The Morgan fingerprint density at radius 3 is 2.62 bits per heavy atom. The molecule has 2 aromatic rings. The third-order valence-electron chi connectivity index (χ3n) is 2.63. The number of anilines is 1. The van der Waals surface area contributed by atoms with Gasteiger partial charge in [-0.1, -0.05) is 30.3 Å². The molecule has 0 aliphatic heterocycles. The summed E-state index contributed by atoms with van der Waals surface area (Å²) >= 11 is 0. The van der Waals surface area contributed by atoms with Crippen LogP contribution in [0, 0.1) is 10.1 Å². The van der Waals surface area contributed by atoms with E-state index >= 15 is 0 Å². The van der Waals surface area contributed by atoms with E-state index in [4.69, 9.17) is 4.74 Å². The van der Waals surface area contributed by atoms with Crippen LogP contribution in [-0.2, 0) is 11.3 Å². The number of nitro groups is 1. The molecule has 0 aliphatic carbocycles. The molecule has 0 bridgehead atoms. The van der Waals surface area contributed by atoms with Crippen molar-refractivity contribution in [2.75, 3.05) is 5.32 Å². The van der Waals surface area contributed by atoms with Crippen LogP contribution in [0.25, 0.3) is 0 Å². The van der Waals surface area contributed by atoms with Crippen molar-refractivity contribution in [3.05, 3.63) is 64.2 Å². The first-order chi connectivity index (χ1) is 10.1. The Bertz CT molecular complexity index is 658. The second-order valence-corrected chi connectivity index (χ2v) is 4.15. The van der Waals surface area contributed by atoms with Gasteiger partial charge in [0.2, 0.25) is 0 Å². The summed E-state index contributed by atoms with van der Waals surface area (Å²) in [6.45, 7) is 0.0901. The molecule has 0 radical (unpaired) electrons. The highest BCUT2D eigenvalue weighted by Crippen LogP contribution is 2.28. The summed E-state index contributed by atoms with van der Waals surface area (Å²) in [7, 11) is 0. The van der Waals surface area contributed by atoms with Crippen LogP contribution in [0.5, 0.6) is 5.75 Å². The van der Waals surface area contributed by atoms with Crippen LogP contribution in [0.3, 0.4) is 0 Å². The van der Waals surface area contributed by atoms with E-state index in [9.17, 15) is 20.0 Å². The van der Waals surface area contributed by atoms with Gasteiger partial charge < -0.3 is 9.84 Å². The molecule has 2 aromatic carbocycles. The maximum absolute atomic E-state index is 11.6. The standard InChI is InChI=1S/C14H12N2O5/c17-13-7-6-11(8-12(13)16(19)20)15-14(18)21-9-10-4-2-1-3-5-10/h1-8,17H,9H2,(H,15,18). The molecule has 0 heterocycles. The van der Waals surface area contributed by atoms with E-state index in [1.807, 2.05) is 18.2 Å². The summed E-state index contributed by atoms with van der Waals surface area (Å²) in [4.78, 5) is 21.5. The van der Waals surface area contributed by atoms with Crippen LogP contribution in [0.15, 0.2) is 48.5 Å². The number of phenols is 1. The fourth-order valence-corrected chi connectivity index (χ4v) is 1.62. The monoisotopic (exact) mass is 288 g/mol. The average molecular weight is 288 g/mol. The fraction of sp³-hybridized carbons (Fsp3) is 0.0714. The van der Waals surface area contributed by atoms with E-state index in [0.29, 0.717) is 0 Å². The maximum atomic E-state index is 11.6. The quantitative estimate of drug-likeness (QED) is 0.511. The van der Waals surface area contributed by atoms with Crippen LogP contribution in [0.1, 0.15) is 5.56 Å². The van der Waals surface area contributed by atoms with E-state index < -0.39 is 22.5 Å². The highest BCUT2D eigenvalue weighted by atomic mass is 16.6. The van der Waals surface area contributed by atoms with Gasteiger partial charge in [-0.2, -0.15) is 0 Å². The number of ether oxygens (including phenoxy) is 1. The van der Waals surface area contributed by atoms with Crippen LogP contribution in [0.2, 0.25) is 0 Å². The molecule has 0 spiro atoms. The first-order valence-corrected chi connectivity index (χ1v) is 6.01. The molecule has 0 saturated carbocycles. The van der Waals surface area contributed by atoms with Gasteiger partial charge in [-0.3, -0.25) is 15.4 Å². The molecule has 2 rings (SSSR count). The van der Waals surface area contributed by atoms with Gasteiger partial charge in [-0.15, -0.1) is 0 Å². The van der Waals surface area contributed by atoms with Crippen molar-refractivity contribution < 1.29 is 19.6 Å². The molecular formula is C14H12N2O5. The number of nitro benzene ring substituents is 1. The number of rotatable bonds is 4. The smallest absolute Gasteiger partial charge is 0.411 e. The zero-order valence-corrected chi connectivity index (χ0v) is 10.9. The molecule has 2 N–H and O–H groups in total. The molecule has 7 nitrogen and oxygen atoms in total. The molecule has 0 aromatic heterocycles. The van der Waals surface area contributed by atoms with Crippen LogP contribution < -0.4 is 5.32 Å². The van der Waals surface area contributed by atoms with E-state index in [1.165, 1.54) is 6.07 Å². The van der Waals surface area contributed by atoms with Crippen molar-refractivity contribution in [2.24, 2.45) is 0 Å². The Hall–Kier alpha value is -3.09. The molecule has 0 fully saturated rings. The third kappa shape index (κ3) is 3.93. The zero-order chi connectivity index (χ0) is 15.2. The molecule has 108 valence electrons. The van der Waals surface area contributed by atoms with E-state index in [0.717, 1.165) is 17.7 Å². The van der Waals surface area contributed by atoms with Gasteiger partial charge in [-0.25, -0.2) is 4.79 Å². The van der Waals surface area contributed by atoms with Crippen molar-refractivity contribution in [1.82, 2.24) is 0 Å². The Morgan fingerprint density at radius 1 is 1.24 bits per heavy atom. The molecule has 0 aliphatic rings. The SMILES string of the molecule is O=C(Nc1ccc(O)c([N+](=O)[O-])c1)OCc1ccccc1. The number of phenolic OH excluding ortho intramolecular Hbond substituents is 1. The molecule has 1 amide bonds. The number of amides is 1. The van der Waals surface area contributed by atoms with Crippen LogP contribution >= 0.6 is 0 Å². The van der Waals surface area contributed by atoms with E-state index in [2.05, 4.69) is 5.32 Å². The molecule has 0 unspecified atom stereocenters. The van der Waals surface area contributed by atoms with Gasteiger partial charge in [0.1, 0.15) is 6.61 Å². The van der Waals surface area contributed by atoms with Gasteiger partial charge in [0.15, 0.2) is 5.75 Å². The topological polar surface area (TPSA) is 102 Å². The number of aromatic hydroxyl groups is 1. The maximum Gasteiger partial charge on any atom is 0.411 e. The van der Waals surface area contributed by atoms with E-state index in [-0.39, 0.29) is 12.3 Å². The normalized spacial score (nSPS) is 9.90. The number of carbonyl (C=O) groups is 1.